The molecule has 0 bridgehead atoms. The third-order valence-corrected chi connectivity index (χ3v) is 7.05. The summed E-state index contributed by atoms with van der Waals surface area (Å²) in [4.78, 5) is 9.10. The van der Waals surface area contributed by atoms with Gasteiger partial charge in [-0.25, -0.2) is 9.67 Å². The van der Waals surface area contributed by atoms with Crippen molar-refractivity contribution >= 4 is 22.5 Å². The number of hydrogen-bond acceptors (Lipinski definition) is 4. The van der Waals surface area contributed by atoms with Crippen LogP contribution in [0, 0.1) is 6.92 Å². The van der Waals surface area contributed by atoms with Crippen LogP contribution in [-0.2, 0) is 5.54 Å². The Labute approximate surface area is 226 Å². The monoisotopic (exact) mass is 516 g/mol. The van der Waals surface area contributed by atoms with E-state index >= 15 is 0 Å². The molecule has 3 aromatic heterocycles. The van der Waals surface area contributed by atoms with Gasteiger partial charge in [-0.1, -0.05) is 103 Å². The summed E-state index contributed by atoms with van der Waals surface area (Å²) in [6.07, 6.45) is 1.78. The lowest BCUT2D eigenvalue weighted by Crippen LogP contribution is -2.38. The van der Waals surface area contributed by atoms with E-state index in [-0.39, 0.29) is 0 Å². The minimum Gasteiger partial charge on any atom is -0.479 e. The van der Waals surface area contributed by atoms with Gasteiger partial charge in [-0.3, -0.25) is 4.98 Å². The standard InChI is InChI=1S/C32H25ClN4O/c1-22-20-23(18-19-34-22)30-29-27(21-28(33)35-30)37(36-31(29)38-2)32(24-12-6-3-7-13-24,25-14-8-4-9-15-25)26-16-10-5-11-17-26/h3-21H,1-2H3. The summed E-state index contributed by atoms with van der Waals surface area (Å²) in [7, 11) is 1.64. The summed E-state index contributed by atoms with van der Waals surface area (Å²) >= 11 is 6.72. The van der Waals surface area contributed by atoms with Crippen molar-refractivity contribution in [3.05, 3.63) is 143 Å². The highest BCUT2D eigenvalue weighted by Crippen LogP contribution is 2.45. The highest BCUT2D eigenvalue weighted by atomic mass is 35.5. The van der Waals surface area contributed by atoms with E-state index < -0.39 is 5.54 Å². The molecule has 5 nitrogen and oxygen atoms in total. The molecule has 0 aliphatic rings. The van der Waals surface area contributed by atoms with Crippen LogP contribution in [0.2, 0.25) is 5.15 Å². The van der Waals surface area contributed by atoms with Crippen molar-refractivity contribution in [2.75, 3.05) is 7.11 Å². The minimum absolute atomic E-state index is 0.369. The number of aryl methyl sites for hydroxylation is 1. The van der Waals surface area contributed by atoms with Crippen LogP contribution in [-0.4, -0.2) is 26.9 Å². The molecule has 0 fully saturated rings. The van der Waals surface area contributed by atoms with Crippen LogP contribution in [0.4, 0.5) is 0 Å². The molecule has 0 amide bonds. The number of hydrogen-bond donors (Lipinski definition) is 0. The van der Waals surface area contributed by atoms with E-state index in [1.54, 1.807) is 13.3 Å². The normalized spacial score (nSPS) is 11.6. The van der Waals surface area contributed by atoms with Crippen molar-refractivity contribution in [1.82, 2.24) is 19.7 Å². The number of fused-ring (bicyclic) bond motifs is 1. The maximum absolute atomic E-state index is 6.72. The lowest BCUT2D eigenvalue weighted by molar-refractivity contribution is 0.378. The molecule has 6 rings (SSSR count). The fourth-order valence-corrected chi connectivity index (χ4v) is 5.47. The summed E-state index contributed by atoms with van der Waals surface area (Å²) < 4.78 is 7.95. The predicted molar refractivity (Wildman–Crippen MR) is 152 cm³/mol. The summed E-state index contributed by atoms with van der Waals surface area (Å²) in [5, 5.41) is 6.30. The Balaban J connectivity index is 1.80. The first-order valence-corrected chi connectivity index (χ1v) is 12.7. The SMILES string of the molecule is COc1nn(C(c2ccccc2)(c2ccccc2)c2ccccc2)c2cc(Cl)nc(-c3ccnc(C)c3)c12. The number of nitrogens with zero attached hydrogens (tertiary/aromatic N) is 4. The highest BCUT2D eigenvalue weighted by Gasteiger charge is 2.41. The van der Waals surface area contributed by atoms with Gasteiger partial charge < -0.3 is 4.74 Å². The van der Waals surface area contributed by atoms with Gasteiger partial charge in [0.1, 0.15) is 10.7 Å². The fraction of sp³-hybridized carbons (Fsp3) is 0.0938. The summed E-state index contributed by atoms with van der Waals surface area (Å²) in [5.41, 5.74) is 5.63. The molecule has 0 saturated carbocycles. The van der Waals surface area contributed by atoms with Crippen molar-refractivity contribution in [3.8, 4) is 17.1 Å². The molecule has 6 heteroatoms. The Kier molecular flexibility index (Phi) is 6.14. The van der Waals surface area contributed by atoms with Crippen LogP contribution in [0.25, 0.3) is 22.2 Å². The molecule has 0 saturated heterocycles. The molecule has 3 heterocycles. The number of pyridine rings is 2. The molecular weight excluding hydrogens is 492 g/mol. The smallest absolute Gasteiger partial charge is 0.242 e. The number of rotatable bonds is 6. The zero-order chi connectivity index (χ0) is 26.1. The minimum atomic E-state index is -0.824. The zero-order valence-electron chi connectivity index (χ0n) is 21.0. The third kappa shape index (κ3) is 3.83. The van der Waals surface area contributed by atoms with Crippen molar-refractivity contribution in [2.24, 2.45) is 0 Å². The van der Waals surface area contributed by atoms with E-state index in [1.165, 1.54) is 0 Å². The Morgan fingerprint density at radius 3 is 1.82 bits per heavy atom. The van der Waals surface area contributed by atoms with E-state index in [0.717, 1.165) is 38.9 Å². The zero-order valence-corrected chi connectivity index (χ0v) is 21.8. The Morgan fingerprint density at radius 1 is 0.763 bits per heavy atom. The molecule has 0 aliphatic carbocycles. The molecular formula is C32H25ClN4O. The lowest BCUT2D eigenvalue weighted by Gasteiger charge is -2.36. The maximum Gasteiger partial charge on any atom is 0.242 e. The van der Waals surface area contributed by atoms with Crippen LogP contribution in [0.5, 0.6) is 5.88 Å². The van der Waals surface area contributed by atoms with Crippen LogP contribution in [0.1, 0.15) is 22.4 Å². The van der Waals surface area contributed by atoms with Crippen molar-refractivity contribution in [1.29, 1.82) is 0 Å². The lowest BCUT2D eigenvalue weighted by atomic mass is 9.77. The summed E-state index contributed by atoms with van der Waals surface area (Å²) in [6.45, 7) is 1.96. The quantitative estimate of drug-likeness (QED) is 0.172. The van der Waals surface area contributed by atoms with E-state index in [0.29, 0.717) is 16.7 Å². The number of aromatic nitrogens is 4. The molecule has 0 aliphatic heterocycles. The topological polar surface area (TPSA) is 52.8 Å². The fourth-order valence-electron chi connectivity index (χ4n) is 5.28. The van der Waals surface area contributed by atoms with Crippen LogP contribution >= 0.6 is 11.6 Å². The average molecular weight is 517 g/mol. The molecule has 0 spiro atoms. The maximum atomic E-state index is 6.72. The van der Waals surface area contributed by atoms with Gasteiger partial charge in [0.05, 0.1) is 23.7 Å². The van der Waals surface area contributed by atoms with Crippen molar-refractivity contribution in [2.45, 2.75) is 12.5 Å². The Hall–Kier alpha value is -4.48. The molecule has 38 heavy (non-hydrogen) atoms. The molecule has 3 aromatic carbocycles. The Bertz CT molecular complexity index is 1620. The molecule has 6 aromatic rings. The van der Waals surface area contributed by atoms with Crippen LogP contribution in [0.15, 0.2) is 115 Å². The largest absolute Gasteiger partial charge is 0.479 e. The number of halogens is 1. The van der Waals surface area contributed by atoms with Gasteiger partial charge in [0.25, 0.3) is 0 Å². The first-order valence-electron chi connectivity index (χ1n) is 12.4. The van der Waals surface area contributed by atoms with E-state index in [1.807, 2.05) is 48.0 Å². The highest BCUT2D eigenvalue weighted by molar-refractivity contribution is 6.30. The van der Waals surface area contributed by atoms with Gasteiger partial charge in [-0.05, 0) is 35.7 Å². The molecule has 0 unspecified atom stereocenters. The molecule has 0 radical (unpaired) electrons. The van der Waals surface area contributed by atoms with Crippen molar-refractivity contribution in [3.63, 3.8) is 0 Å². The summed E-state index contributed by atoms with van der Waals surface area (Å²) in [5.74, 6) is 0.473. The third-order valence-electron chi connectivity index (χ3n) is 6.86. The van der Waals surface area contributed by atoms with Crippen molar-refractivity contribution < 1.29 is 4.74 Å². The van der Waals surface area contributed by atoms with Gasteiger partial charge in [-0.15, -0.1) is 5.10 Å². The van der Waals surface area contributed by atoms with Gasteiger partial charge in [0, 0.05) is 23.5 Å². The first-order chi connectivity index (χ1) is 18.6. The first kappa shape index (κ1) is 23.9. The molecule has 0 N–H and O–H groups in total. The van der Waals surface area contributed by atoms with Crippen LogP contribution in [0.3, 0.4) is 0 Å². The van der Waals surface area contributed by atoms with E-state index in [2.05, 4.69) is 77.8 Å². The number of methoxy groups -OCH3 is 1. The summed E-state index contributed by atoms with van der Waals surface area (Å²) in [6, 6.07) is 37.0. The molecule has 186 valence electrons. The van der Waals surface area contributed by atoms with Gasteiger partial charge >= 0.3 is 0 Å². The van der Waals surface area contributed by atoms with Gasteiger partial charge in [0.15, 0.2) is 0 Å². The van der Waals surface area contributed by atoms with E-state index in [9.17, 15) is 0 Å². The number of benzene rings is 3. The second-order valence-electron chi connectivity index (χ2n) is 9.10. The second kappa shape index (κ2) is 9.77. The number of ether oxygens (including phenoxy) is 1. The second-order valence-corrected chi connectivity index (χ2v) is 9.49. The average Bonchev–Trinajstić information content (AvgIpc) is 3.33. The Morgan fingerprint density at radius 2 is 1.32 bits per heavy atom. The predicted octanol–water partition coefficient (Wildman–Crippen LogP) is 7.30. The molecule has 0 atom stereocenters. The van der Waals surface area contributed by atoms with Gasteiger partial charge in [-0.2, -0.15) is 0 Å². The van der Waals surface area contributed by atoms with E-state index in [4.69, 9.17) is 26.4 Å². The van der Waals surface area contributed by atoms with Gasteiger partial charge in [0.2, 0.25) is 5.88 Å². The van der Waals surface area contributed by atoms with Crippen LogP contribution < -0.4 is 4.74 Å².